The molecule has 5 N–H and O–H groups in total. The molecule has 0 bridgehead atoms. The molecule has 346 valence electrons. The Labute approximate surface area is 364 Å². The Morgan fingerprint density at radius 2 is 1.61 bits per heavy atom. The topological polar surface area (TPSA) is 195 Å². The molecule has 2 amide bonds. The SMILES string of the molecule is CCCCCCCC1=CC(CCC(=O)NC(CS(=O)(=O)O)C(=O)NCCN(C)CCCCCC(=O)On2c(O)ccc2O)=[N+]2C1=Cc1c(CCC[N+](C)(C)C)cc(C)n1[B-]2(F)F. The fourth-order valence-electron chi connectivity index (χ4n) is 7.98. The van der Waals surface area contributed by atoms with Crippen molar-refractivity contribution >= 4 is 46.7 Å². The quantitative estimate of drug-likeness (QED) is 0.0372. The van der Waals surface area contributed by atoms with Gasteiger partial charge < -0.3 is 52.7 Å². The van der Waals surface area contributed by atoms with Gasteiger partial charge in [-0.1, -0.05) is 39.0 Å². The summed E-state index contributed by atoms with van der Waals surface area (Å²) in [4.78, 5) is 45.3. The molecule has 0 saturated carbocycles. The highest BCUT2D eigenvalue weighted by atomic mass is 32.2. The van der Waals surface area contributed by atoms with Crippen molar-refractivity contribution in [2.24, 2.45) is 0 Å². The molecule has 0 aliphatic carbocycles. The fraction of sp³-hybridized carbons (Fsp3) is 0.619. The normalized spacial score (nSPS) is 15.3. The lowest BCUT2D eigenvalue weighted by Gasteiger charge is -2.31. The van der Waals surface area contributed by atoms with Crippen LogP contribution in [0, 0.1) is 6.92 Å². The van der Waals surface area contributed by atoms with Crippen LogP contribution >= 0.6 is 0 Å². The minimum atomic E-state index is -4.70. The number of quaternary nitrogens is 1. The first-order valence-electron chi connectivity index (χ1n) is 21.7. The van der Waals surface area contributed by atoms with Crippen LogP contribution in [0.15, 0.2) is 35.5 Å². The van der Waals surface area contributed by atoms with Gasteiger partial charge in [0.25, 0.3) is 10.1 Å². The molecular formula is C42H67BF2N7O9S+. The van der Waals surface area contributed by atoms with E-state index in [0.29, 0.717) is 67.0 Å². The van der Waals surface area contributed by atoms with Gasteiger partial charge in [0.15, 0.2) is 5.70 Å². The zero-order valence-electron chi connectivity index (χ0n) is 37.2. The van der Waals surface area contributed by atoms with E-state index in [1.54, 1.807) is 20.0 Å². The lowest BCUT2D eigenvalue weighted by molar-refractivity contribution is -0.870. The minimum absolute atomic E-state index is 0.0600. The predicted octanol–water partition coefficient (Wildman–Crippen LogP) is 4.40. The van der Waals surface area contributed by atoms with Crippen molar-refractivity contribution in [2.45, 2.75) is 110 Å². The molecule has 0 spiro atoms. The molecule has 1 atom stereocenters. The van der Waals surface area contributed by atoms with E-state index in [2.05, 4.69) is 38.7 Å². The molecule has 0 saturated heterocycles. The van der Waals surface area contributed by atoms with Crippen molar-refractivity contribution in [3.05, 3.63) is 52.5 Å². The van der Waals surface area contributed by atoms with Crippen LogP contribution in [0.2, 0.25) is 0 Å². The third-order valence-corrected chi connectivity index (χ3v) is 11.9. The molecule has 62 heavy (non-hydrogen) atoms. The van der Waals surface area contributed by atoms with E-state index in [4.69, 9.17) is 4.84 Å². The second-order valence-electron chi connectivity index (χ2n) is 17.6. The van der Waals surface area contributed by atoms with Gasteiger partial charge in [0.2, 0.25) is 23.6 Å². The van der Waals surface area contributed by atoms with Crippen LogP contribution in [0.25, 0.3) is 6.08 Å². The Hall–Kier alpha value is -4.53. The summed E-state index contributed by atoms with van der Waals surface area (Å²) < 4.78 is 70.7. The number of aryl methyl sites for hydroxylation is 2. The third-order valence-electron chi connectivity index (χ3n) is 11.2. The van der Waals surface area contributed by atoms with Crippen molar-refractivity contribution < 1.29 is 60.0 Å². The molecule has 2 aliphatic heterocycles. The van der Waals surface area contributed by atoms with Crippen LogP contribution < -0.4 is 15.5 Å². The lowest BCUT2D eigenvalue weighted by Crippen LogP contribution is -2.52. The zero-order valence-corrected chi connectivity index (χ0v) is 38.0. The summed E-state index contributed by atoms with van der Waals surface area (Å²) in [5.74, 6) is -4.07. The molecular weight excluding hydrogens is 827 g/mol. The molecule has 4 heterocycles. The van der Waals surface area contributed by atoms with Gasteiger partial charge in [0.1, 0.15) is 17.5 Å². The second-order valence-corrected chi connectivity index (χ2v) is 19.1. The average Bonchev–Trinajstić information content (AvgIpc) is 3.81. The Bertz CT molecular complexity index is 2090. The maximum absolute atomic E-state index is 16.8. The zero-order chi connectivity index (χ0) is 45.8. The van der Waals surface area contributed by atoms with E-state index >= 15 is 8.63 Å². The van der Waals surface area contributed by atoms with E-state index in [-0.39, 0.29) is 31.5 Å². The van der Waals surface area contributed by atoms with Crippen molar-refractivity contribution in [2.75, 3.05) is 60.1 Å². The molecule has 0 radical (unpaired) electrons. The largest absolute Gasteiger partial charge is 0.737 e. The average molecular weight is 895 g/mol. The maximum Gasteiger partial charge on any atom is 0.737 e. The van der Waals surface area contributed by atoms with Gasteiger partial charge in [-0.05, 0) is 69.9 Å². The maximum atomic E-state index is 16.8. The van der Waals surface area contributed by atoms with Crippen LogP contribution in [0.4, 0.5) is 8.63 Å². The van der Waals surface area contributed by atoms with Gasteiger partial charge in [-0.2, -0.15) is 8.42 Å². The molecule has 2 aromatic heterocycles. The number of aromatic nitrogens is 2. The highest BCUT2D eigenvalue weighted by Crippen LogP contribution is 2.39. The smallest absolute Gasteiger partial charge is 0.492 e. The van der Waals surface area contributed by atoms with Crippen LogP contribution in [0.1, 0.15) is 107 Å². The molecule has 2 aliphatic rings. The standard InChI is InChI=1S/C42H66BF2N7O9S/c1-7-8-9-10-12-16-33-28-34(50-37(33)29-36-32(17-15-26-52(4,5)6)27-31(2)49(36)43(50,44)45)19-20-38(53)47-35(30-62(58,59)60)42(57)46-23-25-48(3)24-14-11-13-18-41(56)61-51-39(54)21-22-40(51)55/h21-22,27-29,35H,7-20,23-26,30H2,1-6H3,(H4-,46,47,53,54,55,57,58,59,60)/p+1. The Balaban J connectivity index is 1.35. The first-order chi connectivity index (χ1) is 29.1. The number of hydrogen-bond donors (Lipinski definition) is 5. The monoisotopic (exact) mass is 894 g/mol. The number of likely N-dealkylation sites (N-methyl/N-ethyl adjacent to an activating group) is 1. The summed E-state index contributed by atoms with van der Waals surface area (Å²) in [7, 11) is 3.41. The van der Waals surface area contributed by atoms with E-state index < -0.39 is 58.4 Å². The molecule has 16 nitrogen and oxygen atoms in total. The number of carbonyl (C=O) groups is 3. The van der Waals surface area contributed by atoms with Crippen LogP contribution in [0.5, 0.6) is 11.8 Å². The Morgan fingerprint density at radius 3 is 2.27 bits per heavy atom. The van der Waals surface area contributed by atoms with Crippen LogP contribution in [0.3, 0.4) is 0 Å². The van der Waals surface area contributed by atoms with Gasteiger partial charge in [0, 0.05) is 74.3 Å². The van der Waals surface area contributed by atoms with E-state index in [9.17, 15) is 37.6 Å². The summed E-state index contributed by atoms with van der Waals surface area (Å²) in [5, 5.41) is 24.2. The molecule has 1 unspecified atom stereocenters. The van der Waals surface area contributed by atoms with Gasteiger partial charge in [-0.15, -0.1) is 4.73 Å². The highest BCUT2D eigenvalue weighted by molar-refractivity contribution is 7.85. The third kappa shape index (κ3) is 14.5. The summed E-state index contributed by atoms with van der Waals surface area (Å²) in [6.45, 7) is 1.43. The highest BCUT2D eigenvalue weighted by Gasteiger charge is 2.54. The van der Waals surface area contributed by atoms with Crippen molar-refractivity contribution in [3.63, 3.8) is 0 Å². The van der Waals surface area contributed by atoms with E-state index in [1.807, 2.05) is 17.0 Å². The van der Waals surface area contributed by atoms with Gasteiger partial charge in [-0.3, -0.25) is 14.1 Å². The molecule has 20 heteroatoms. The van der Waals surface area contributed by atoms with Crippen LogP contribution in [-0.4, -0.2) is 143 Å². The molecule has 4 rings (SSSR count). The number of rotatable bonds is 27. The molecule has 0 aromatic carbocycles. The minimum Gasteiger partial charge on any atom is -0.492 e. The summed E-state index contributed by atoms with van der Waals surface area (Å²) in [5.41, 5.74) is 3.32. The summed E-state index contributed by atoms with van der Waals surface area (Å²) >= 11 is 0. The first kappa shape index (κ1) is 50.1. The van der Waals surface area contributed by atoms with Crippen LogP contribution in [-0.2, 0) is 30.9 Å². The lowest BCUT2D eigenvalue weighted by atomic mass is 9.88. The number of allylic oxidation sites excluding steroid dienone is 2. The number of fused-ring (bicyclic) bond motifs is 2. The summed E-state index contributed by atoms with van der Waals surface area (Å²) in [6, 6.07) is 2.59. The van der Waals surface area contributed by atoms with Gasteiger partial charge in [0.05, 0.1) is 27.7 Å². The number of carbonyl (C=O) groups excluding carboxylic acids is 3. The number of hydrogen-bond acceptors (Lipinski definition) is 9. The second kappa shape index (κ2) is 22.2. The van der Waals surface area contributed by atoms with E-state index in [1.165, 1.54) is 12.1 Å². The number of nitrogens with one attached hydrogen (secondary N) is 2. The summed E-state index contributed by atoms with van der Waals surface area (Å²) in [6.07, 6.45) is 12.2. The fourth-order valence-corrected chi connectivity index (χ4v) is 8.63. The number of amides is 2. The van der Waals surface area contributed by atoms with Gasteiger partial charge in [-0.25, -0.2) is 4.79 Å². The number of unbranched alkanes of at least 4 members (excludes halogenated alkanes) is 6. The van der Waals surface area contributed by atoms with Crippen molar-refractivity contribution in [3.8, 4) is 11.8 Å². The number of halogens is 2. The molecule has 0 fully saturated rings. The van der Waals surface area contributed by atoms with Gasteiger partial charge >= 0.3 is 12.9 Å². The Kier molecular flexibility index (Phi) is 17.9. The van der Waals surface area contributed by atoms with E-state index in [0.717, 1.165) is 69.7 Å². The molecule has 2 aromatic rings. The first-order valence-corrected chi connectivity index (χ1v) is 23.3. The number of aromatic hydroxyl groups is 2. The Morgan fingerprint density at radius 1 is 0.935 bits per heavy atom. The number of nitrogens with zero attached hydrogens (tertiary/aromatic N) is 5. The van der Waals surface area contributed by atoms with Crippen molar-refractivity contribution in [1.29, 1.82) is 0 Å². The predicted molar refractivity (Wildman–Crippen MR) is 234 cm³/mol. The van der Waals surface area contributed by atoms with Crippen molar-refractivity contribution in [1.82, 2.24) is 24.7 Å².